The van der Waals surface area contributed by atoms with Crippen molar-refractivity contribution >= 4 is 23.4 Å². The summed E-state index contributed by atoms with van der Waals surface area (Å²) in [5.41, 5.74) is 3.18. The quantitative estimate of drug-likeness (QED) is 0.803. The van der Waals surface area contributed by atoms with Gasteiger partial charge in [-0.05, 0) is 63.6 Å². The fourth-order valence-electron chi connectivity index (χ4n) is 2.35. The number of hydrogen-bond acceptors (Lipinski definition) is 4. The minimum atomic E-state index is -0.872. The van der Waals surface area contributed by atoms with Gasteiger partial charge in [-0.25, -0.2) is 4.79 Å². The van der Waals surface area contributed by atoms with E-state index in [0.717, 1.165) is 11.1 Å². The zero-order chi connectivity index (χ0) is 19.3. The van der Waals surface area contributed by atoms with Gasteiger partial charge in [0, 0.05) is 11.3 Å². The predicted molar refractivity (Wildman–Crippen MR) is 99.6 cm³/mol. The van der Waals surface area contributed by atoms with Crippen molar-refractivity contribution in [3.63, 3.8) is 0 Å². The van der Waals surface area contributed by atoms with E-state index >= 15 is 0 Å². The fourth-order valence-corrected chi connectivity index (χ4v) is 2.35. The minimum Gasteiger partial charge on any atom is -0.481 e. The largest absolute Gasteiger partial charge is 0.481 e. The van der Waals surface area contributed by atoms with E-state index < -0.39 is 18.0 Å². The Bertz CT molecular complexity index is 828. The summed E-state index contributed by atoms with van der Waals surface area (Å²) in [4.78, 5) is 35.4. The lowest BCUT2D eigenvalue weighted by Crippen LogP contribution is -2.42. The highest BCUT2D eigenvalue weighted by molar-refractivity contribution is 6.02. The first-order valence-corrected chi connectivity index (χ1v) is 8.23. The van der Waals surface area contributed by atoms with E-state index in [1.807, 2.05) is 26.0 Å². The average Bonchev–Trinajstić information content (AvgIpc) is 2.57. The molecule has 0 heterocycles. The molecular formula is C20H22N2O4. The van der Waals surface area contributed by atoms with Crippen molar-refractivity contribution in [1.82, 2.24) is 5.32 Å². The van der Waals surface area contributed by atoms with E-state index in [4.69, 9.17) is 4.74 Å². The van der Waals surface area contributed by atoms with Crippen LogP contribution in [-0.2, 0) is 4.79 Å². The lowest BCUT2D eigenvalue weighted by molar-refractivity contribution is -0.126. The van der Waals surface area contributed by atoms with Crippen LogP contribution in [0.1, 0.15) is 35.3 Å². The zero-order valence-corrected chi connectivity index (χ0v) is 15.3. The molecule has 0 aliphatic heterocycles. The van der Waals surface area contributed by atoms with Crippen LogP contribution in [0.3, 0.4) is 0 Å². The molecule has 6 nitrogen and oxygen atoms in total. The lowest BCUT2D eigenvalue weighted by Gasteiger charge is -2.15. The molecule has 2 N–H and O–H groups in total. The summed E-state index contributed by atoms with van der Waals surface area (Å²) in [6, 6.07) is 11.4. The molecule has 2 aromatic carbocycles. The number of Topliss-reactive ketones (excluding diaryl/α,β-unsaturated/α-hetero) is 1. The van der Waals surface area contributed by atoms with Crippen LogP contribution in [0.25, 0.3) is 0 Å². The first kappa shape index (κ1) is 19.2. The molecule has 1 unspecified atom stereocenters. The van der Waals surface area contributed by atoms with Crippen molar-refractivity contribution in [2.24, 2.45) is 0 Å². The summed E-state index contributed by atoms with van der Waals surface area (Å²) >= 11 is 0. The van der Waals surface area contributed by atoms with E-state index in [2.05, 4.69) is 10.6 Å². The fraction of sp³-hybridized carbons (Fsp3) is 0.250. The zero-order valence-electron chi connectivity index (χ0n) is 15.3. The van der Waals surface area contributed by atoms with Gasteiger partial charge in [-0.1, -0.05) is 17.7 Å². The minimum absolute atomic E-state index is 0.0505. The van der Waals surface area contributed by atoms with Gasteiger partial charge < -0.3 is 10.1 Å². The van der Waals surface area contributed by atoms with Crippen LogP contribution >= 0.6 is 0 Å². The molecule has 136 valence electrons. The third-order valence-electron chi connectivity index (χ3n) is 3.81. The summed E-state index contributed by atoms with van der Waals surface area (Å²) in [5.74, 6) is -0.180. The van der Waals surface area contributed by atoms with Crippen LogP contribution < -0.4 is 15.4 Å². The normalized spacial score (nSPS) is 11.4. The number of anilines is 1. The Morgan fingerprint density at radius 1 is 1.00 bits per heavy atom. The number of carbonyl (C=O) groups excluding carboxylic acids is 3. The van der Waals surface area contributed by atoms with Crippen molar-refractivity contribution in [1.29, 1.82) is 0 Å². The lowest BCUT2D eigenvalue weighted by atomic mass is 10.1. The third kappa shape index (κ3) is 5.17. The summed E-state index contributed by atoms with van der Waals surface area (Å²) < 4.78 is 5.50. The van der Waals surface area contributed by atoms with Crippen molar-refractivity contribution in [3.8, 4) is 5.75 Å². The van der Waals surface area contributed by atoms with Crippen LogP contribution in [0.15, 0.2) is 42.5 Å². The summed E-state index contributed by atoms with van der Waals surface area (Å²) in [6.07, 6.45) is -0.872. The second kappa shape index (κ2) is 8.29. The number of urea groups is 1. The van der Waals surface area contributed by atoms with Gasteiger partial charge in [-0.2, -0.15) is 0 Å². The highest BCUT2D eigenvalue weighted by Gasteiger charge is 2.18. The number of ketones is 1. The number of nitrogens with one attached hydrogen (secondary N) is 2. The van der Waals surface area contributed by atoms with Crippen molar-refractivity contribution in [3.05, 3.63) is 59.2 Å². The third-order valence-corrected chi connectivity index (χ3v) is 3.81. The molecule has 0 aliphatic rings. The maximum Gasteiger partial charge on any atom is 0.325 e. The van der Waals surface area contributed by atoms with E-state index in [-0.39, 0.29) is 5.78 Å². The SMILES string of the molecule is CC(=O)c1ccc(OC(C)C(=O)NC(=O)Nc2ccc(C)cc2C)cc1. The Kier molecular flexibility index (Phi) is 6.11. The van der Waals surface area contributed by atoms with E-state index in [0.29, 0.717) is 17.0 Å². The topological polar surface area (TPSA) is 84.5 Å². The molecule has 2 aromatic rings. The number of hydrogen-bond donors (Lipinski definition) is 2. The Hall–Kier alpha value is -3.15. The molecule has 0 bridgehead atoms. The van der Waals surface area contributed by atoms with Gasteiger partial charge in [-0.15, -0.1) is 0 Å². The smallest absolute Gasteiger partial charge is 0.325 e. The highest BCUT2D eigenvalue weighted by atomic mass is 16.5. The molecule has 0 saturated heterocycles. The van der Waals surface area contributed by atoms with Crippen LogP contribution in [0.4, 0.5) is 10.5 Å². The van der Waals surface area contributed by atoms with Crippen LogP contribution in [-0.4, -0.2) is 23.8 Å². The van der Waals surface area contributed by atoms with E-state index in [9.17, 15) is 14.4 Å². The van der Waals surface area contributed by atoms with E-state index in [1.54, 1.807) is 37.3 Å². The molecule has 3 amide bonds. The van der Waals surface area contributed by atoms with Gasteiger partial charge in [0.05, 0.1) is 0 Å². The number of carbonyl (C=O) groups is 3. The Labute approximate surface area is 152 Å². The van der Waals surface area contributed by atoms with Crippen LogP contribution in [0, 0.1) is 13.8 Å². The van der Waals surface area contributed by atoms with E-state index in [1.165, 1.54) is 6.92 Å². The van der Waals surface area contributed by atoms with Gasteiger partial charge >= 0.3 is 6.03 Å². The number of benzene rings is 2. The molecule has 0 radical (unpaired) electrons. The number of amides is 3. The molecule has 26 heavy (non-hydrogen) atoms. The van der Waals surface area contributed by atoms with Crippen molar-refractivity contribution in [2.75, 3.05) is 5.32 Å². The second-order valence-corrected chi connectivity index (χ2v) is 6.10. The summed E-state index contributed by atoms with van der Waals surface area (Å²) in [5, 5.41) is 4.89. The number of rotatable bonds is 5. The van der Waals surface area contributed by atoms with Crippen LogP contribution in [0.5, 0.6) is 5.75 Å². The molecule has 1 atom stereocenters. The Morgan fingerprint density at radius 2 is 1.65 bits per heavy atom. The van der Waals surface area contributed by atoms with Gasteiger partial charge in [0.15, 0.2) is 11.9 Å². The molecular weight excluding hydrogens is 332 g/mol. The maximum atomic E-state index is 12.1. The molecule has 0 spiro atoms. The van der Waals surface area contributed by atoms with Gasteiger partial charge in [0.25, 0.3) is 5.91 Å². The average molecular weight is 354 g/mol. The molecule has 6 heteroatoms. The molecule has 0 saturated carbocycles. The predicted octanol–water partition coefficient (Wildman–Crippen LogP) is 3.62. The van der Waals surface area contributed by atoms with Gasteiger partial charge in [-0.3, -0.25) is 14.9 Å². The van der Waals surface area contributed by atoms with Crippen molar-refractivity contribution < 1.29 is 19.1 Å². The molecule has 2 rings (SSSR count). The molecule has 0 aromatic heterocycles. The Morgan fingerprint density at radius 3 is 2.23 bits per heavy atom. The summed E-state index contributed by atoms with van der Waals surface area (Å²) in [7, 11) is 0. The van der Waals surface area contributed by atoms with Crippen LogP contribution in [0.2, 0.25) is 0 Å². The number of imide groups is 1. The Balaban J connectivity index is 1.91. The molecule has 0 aliphatic carbocycles. The highest BCUT2D eigenvalue weighted by Crippen LogP contribution is 2.16. The number of aryl methyl sites for hydroxylation is 2. The number of ether oxygens (including phenoxy) is 1. The van der Waals surface area contributed by atoms with Gasteiger partial charge in [0.1, 0.15) is 5.75 Å². The monoisotopic (exact) mass is 354 g/mol. The second-order valence-electron chi connectivity index (χ2n) is 6.10. The first-order valence-electron chi connectivity index (χ1n) is 8.23. The van der Waals surface area contributed by atoms with Crippen molar-refractivity contribution in [2.45, 2.75) is 33.8 Å². The van der Waals surface area contributed by atoms with Gasteiger partial charge in [0.2, 0.25) is 0 Å². The maximum absolute atomic E-state index is 12.1. The summed E-state index contributed by atoms with van der Waals surface area (Å²) in [6.45, 7) is 6.85. The standard InChI is InChI=1S/C20H22N2O4/c1-12-5-10-18(13(2)11-12)21-20(25)22-19(24)15(4)26-17-8-6-16(7-9-17)14(3)23/h5-11,15H,1-4H3,(H2,21,22,24,25). The first-order chi connectivity index (χ1) is 12.3. The molecule has 0 fully saturated rings.